The summed E-state index contributed by atoms with van der Waals surface area (Å²) in [4.78, 5) is 28.2. The Balaban J connectivity index is 1.84. The van der Waals surface area contributed by atoms with Crippen molar-refractivity contribution in [2.75, 3.05) is 42.5 Å². The molecule has 32 heavy (non-hydrogen) atoms. The first-order valence-electron chi connectivity index (χ1n) is 10.5. The van der Waals surface area contributed by atoms with Crippen molar-refractivity contribution in [3.05, 3.63) is 47.5 Å². The molecule has 0 aromatic heterocycles. The Labute approximate surface area is 187 Å². The number of phenols is 2. The molecule has 1 saturated heterocycles. The van der Waals surface area contributed by atoms with Crippen molar-refractivity contribution in [2.45, 2.75) is 19.8 Å². The maximum Gasteiger partial charge on any atom is 0.325 e. The Morgan fingerprint density at radius 1 is 1.12 bits per heavy atom. The smallest absolute Gasteiger partial charge is 0.325 e. The number of anilines is 2. The van der Waals surface area contributed by atoms with E-state index in [1.54, 1.807) is 12.1 Å². The molecule has 9 nitrogen and oxygen atoms in total. The second-order valence-corrected chi connectivity index (χ2v) is 8.08. The minimum absolute atomic E-state index is 0.0459. The number of phenolic OH excluding ortho intramolecular Hbond substituents is 2. The van der Waals surface area contributed by atoms with Gasteiger partial charge in [0, 0.05) is 37.9 Å². The molecule has 0 atom stereocenters. The average molecular weight is 440 g/mol. The van der Waals surface area contributed by atoms with E-state index < -0.39 is 6.03 Å². The highest BCUT2D eigenvalue weighted by Crippen LogP contribution is 2.34. The monoisotopic (exact) mass is 439 g/mol. The van der Waals surface area contributed by atoms with E-state index >= 15 is 0 Å². The van der Waals surface area contributed by atoms with E-state index in [-0.39, 0.29) is 28.8 Å². The van der Waals surface area contributed by atoms with Crippen molar-refractivity contribution in [3.63, 3.8) is 0 Å². The number of aldehydes is 1. The lowest BCUT2D eigenvalue weighted by molar-refractivity contribution is -0.108. The van der Waals surface area contributed by atoms with Gasteiger partial charge in [0.2, 0.25) is 0 Å². The predicted octanol–water partition coefficient (Wildman–Crippen LogP) is 2.45. The lowest BCUT2D eigenvalue weighted by Gasteiger charge is -2.35. The topological polar surface area (TPSA) is 134 Å². The maximum atomic E-state index is 12.2. The molecule has 1 fully saturated rings. The second kappa shape index (κ2) is 9.69. The van der Waals surface area contributed by atoms with Crippen LogP contribution in [0.25, 0.3) is 0 Å². The Morgan fingerprint density at radius 3 is 2.28 bits per heavy atom. The number of benzene rings is 2. The average Bonchev–Trinajstić information content (AvgIpc) is 2.74. The first-order chi connectivity index (χ1) is 15.2. The number of carbonyl (C=O) groups excluding carboxylic acids is 2. The van der Waals surface area contributed by atoms with Gasteiger partial charge in [0.05, 0.1) is 17.8 Å². The zero-order valence-corrected chi connectivity index (χ0v) is 18.3. The van der Waals surface area contributed by atoms with E-state index in [0.29, 0.717) is 17.8 Å². The van der Waals surface area contributed by atoms with Crippen LogP contribution in [-0.4, -0.2) is 66.0 Å². The number of primary amides is 1. The van der Waals surface area contributed by atoms with Crippen molar-refractivity contribution < 1.29 is 19.8 Å². The first-order valence-corrected chi connectivity index (χ1v) is 10.5. The molecule has 2 amide bonds. The molecule has 2 aromatic carbocycles. The molecule has 0 radical (unpaired) electrons. The van der Waals surface area contributed by atoms with Crippen LogP contribution >= 0.6 is 0 Å². The van der Waals surface area contributed by atoms with Crippen LogP contribution in [0.5, 0.6) is 11.5 Å². The standard InChI is InChI=1S/C23H29N5O4/c1-15(2)18-13-19(21(31)14-20(18)30)22(24)28(23(25)32)17-5-3-16(4-6-17)27-9-7-26(8-10-27)11-12-29/h3-6,12-15,24,30-31H,7-11H2,1-2H3,(H2,25,32). The highest BCUT2D eigenvalue weighted by molar-refractivity contribution is 6.22. The highest BCUT2D eigenvalue weighted by Gasteiger charge is 2.24. The van der Waals surface area contributed by atoms with E-state index in [0.717, 1.165) is 43.1 Å². The summed E-state index contributed by atoms with van der Waals surface area (Å²) in [6.45, 7) is 7.33. The van der Waals surface area contributed by atoms with Gasteiger partial charge in [-0.15, -0.1) is 0 Å². The Kier molecular flexibility index (Phi) is 6.99. The zero-order chi connectivity index (χ0) is 23.4. The fourth-order valence-electron chi connectivity index (χ4n) is 3.84. The van der Waals surface area contributed by atoms with Crippen molar-refractivity contribution in [1.82, 2.24) is 4.90 Å². The second-order valence-electron chi connectivity index (χ2n) is 8.08. The summed E-state index contributed by atoms with van der Waals surface area (Å²) >= 11 is 0. The van der Waals surface area contributed by atoms with E-state index in [4.69, 9.17) is 11.1 Å². The van der Waals surface area contributed by atoms with Gasteiger partial charge in [-0.25, -0.2) is 9.69 Å². The summed E-state index contributed by atoms with van der Waals surface area (Å²) in [5, 5.41) is 28.9. The van der Waals surface area contributed by atoms with Crippen molar-refractivity contribution in [2.24, 2.45) is 5.73 Å². The SMILES string of the molecule is CC(C)c1cc(C(=N)N(C(N)=O)c2ccc(N3CCN(CC=O)CC3)cc2)c(O)cc1O. The van der Waals surface area contributed by atoms with Crippen LogP contribution in [0, 0.1) is 5.41 Å². The molecule has 1 aliphatic heterocycles. The minimum atomic E-state index is -0.858. The molecule has 0 unspecified atom stereocenters. The molecule has 0 aliphatic carbocycles. The van der Waals surface area contributed by atoms with Gasteiger partial charge in [0.25, 0.3) is 0 Å². The fourth-order valence-corrected chi connectivity index (χ4v) is 3.84. The first kappa shape index (κ1) is 23.1. The molecule has 3 rings (SSSR count). The fraction of sp³-hybridized carbons (Fsp3) is 0.348. The van der Waals surface area contributed by atoms with Gasteiger partial charge in [-0.05, 0) is 41.8 Å². The Bertz CT molecular complexity index is 998. The molecule has 2 aromatic rings. The summed E-state index contributed by atoms with van der Waals surface area (Å²) in [6, 6.07) is 8.92. The molecule has 0 spiro atoms. The molecule has 1 heterocycles. The molecule has 1 aliphatic rings. The van der Waals surface area contributed by atoms with Gasteiger partial charge in [-0.2, -0.15) is 0 Å². The highest BCUT2D eigenvalue weighted by atomic mass is 16.3. The Morgan fingerprint density at radius 2 is 1.75 bits per heavy atom. The number of amidine groups is 1. The summed E-state index contributed by atoms with van der Waals surface area (Å²) < 4.78 is 0. The van der Waals surface area contributed by atoms with Crippen LogP contribution in [0.1, 0.15) is 30.9 Å². The summed E-state index contributed by atoms with van der Waals surface area (Å²) in [5.41, 5.74) is 7.59. The van der Waals surface area contributed by atoms with Crippen LogP contribution in [0.15, 0.2) is 36.4 Å². The van der Waals surface area contributed by atoms with E-state index in [1.165, 1.54) is 12.1 Å². The van der Waals surface area contributed by atoms with Crippen LogP contribution in [0.2, 0.25) is 0 Å². The number of amides is 2. The lowest BCUT2D eigenvalue weighted by Crippen LogP contribution is -2.47. The number of hydrogen-bond acceptors (Lipinski definition) is 7. The minimum Gasteiger partial charge on any atom is -0.508 e. The van der Waals surface area contributed by atoms with Gasteiger partial charge < -0.3 is 25.6 Å². The largest absolute Gasteiger partial charge is 0.508 e. The van der Waals surface area contributed by atoms with Gasteiger partial charge in [-0.1, -0.05) is 13.8 Å². The number of carbonyl (C=O) groups is 2. The van der Waals surface area contributed by atoms with E-state index in [2.05, 4.69) is 9.80 Å². The van der Waals surface area contributed by atoms with E-state index in [1.807, 2.05) is 26.0 Å². The number of hydrogen-bond donors (Lipinski definition) is 4. The van der Waals surface area contributed by atoms with E-state index in [9.17, 15) is 19.8 Å². The maximum absolute atomic E-state index is 12.2. The molecule has 0 bridgehead atoms. The number of piperazine rings is 1. The third kappa shape index (κ3) is 4.83. The molecule has 0 saturated carbocycles. The molecule has 9 heteroatoms. The molecular formula is C23H29N5O4. The Hall–Kier alpha value is -3.59. The van der Waals surface area contributed by atoms with Gasteiger partial charge in [0.15, 0.2) is 0 Å². The lowest BCUT2D eigenvalue weighted by atomic mass is 9.98. The van der Waals surface area contributed by atoms with Crippen LogP contribution < -0.4 is 15.5 Å². The number of nitrogens with zero attached hydrogens (tertiary/aromatic N) is 3. The normalized spacial score (nSPS) is 14.4. The number of aromatic hydroxyl groups is 2. The molecule has 5 N–H and O–H groups in total. The van der Waals surface area contributed by atoms with Crippen molar-refractivity contribution in [3.8, 4) is 11.5 Å². The van der Waals surface area contributed by atoms with Gasteiger partial charge in [0.1, 0.15) is 23.6 Å². The number of urea groups is 1. The third-order valence-corrected chi connectivity index (χ3v) is 5.64. The summed E-state index contributed by atoms with van der Waals surface area (Å²) in [6.07, 6.45) is 0.911. The summed E-state index contributed by atoms with van der Waals surface area (Å²) in [5.74, 6) is -0.715. The third-order valence-electron chi connectivity index (χ3n) is 5.64. The van der Waals surface area contributed by atoms with Gasteiger partial charge >= 0.3 is 6.03 Å². The zero-order valence-electron chi connectivity index (χ0n) is 18.3. The summed E-state index contributed by atoms with van der Waals surface area (Å²) in [7, 11) is 0. The molecular weight excluding hydrogens is 410 g/mol. The molecule has 170 valence electrons. The van der Waals surface area contributed by atoms with Crippen LogP contribution in [0.4, 0.5) is 16.2 Å². The number of rotatable bonds is 6. The number of nitrogens with one attached hydrogen (secondary N) is 1. The van der Waals surface area contributed by atoms with Crippen LogP contribution in [-0.2, 0) is 4.79 Å². The van der Waals surface area contributed by atoms with Crippen molar-refractivity contribution in [1.29, 1.82) is 5.41 Å². The quantitative estimate of drug-likeness (QED) is 0.310. The van der Waals surface area contributed by atoms with Crippen molar-refractivity contribution >= 4 is 29.5 Å². The van der Waals surface area contributed by atoms with Crippen LogP contribution in [0.3, 0.4) is 0 Å². The number of nitrogens with two attached hydrogens (primary N) is 1. The van der Waals surface area contributed by atoms with Gasteiger partial charge in [-0.3, -0.25) is 10.3 Å². The predicted molar refractivity (Wildman–Crippen MR) is 124 cm³/mol.